The minimum Gasteiger partial charge on any atom is -0.495 e. The first-order chi connectivity index (χ1) is 17.4. The molecular formula is C24H32ClN3O7S2. The van der Waals surface area contributed by atoms with Gasteiger partial charge in [-0.15, -0.1) is 0 Å². The lowest BCUT2D eigenvalue weighted by Gasteiger charge is -2.28. The lowest BCUT2D eigenvalue weighted by atomic mass is 10.2. The Morgan fingerprint density at radius 2 is 1.73 bits per heavy atom. The van der Waals surface area contributed by atoms with E-state index in [0.717, 1.165) is 29.8 Å². The van der Waals surface area contributed by atoms with Crippen molar-refractivity contribution in [3.05, 3.63) is 47.5 Å². The van der Waals surface area contributed by atoms with Crippen LogP contribution in [0.25, 0.3) is 0 Å². The first-order valence-electron chi connectivity index (χ1n) is 11.8. The summed E-state index contributed by atoms with van der Waals surface area (Å²) in [6.07, 6.45) is 3.77. The highest BCUT2D eigenvalue weighted by atomic mass is 35.5. The Bertz CT molecular complexity index is 1300. The molecule has 0 spiro atoms. The predicted octanol–water partition coefficient (Wildman–Crippen LogP) is 2.87. The standard InChI is InChI=1S/C24H32ClN3O7S2/c1-18(28(36(3,30)31)19-7-12-23(34-2)22(25)17-19)24(29)26-13-16-35-20-8-10-21(11-9-20)37(32,33)27-14-5-4-6-15-27/h7-12,17-18H,4-6,13-16H2,1-3H3,(H,26,29). The van der Waals surface area contributed by atoms with Gasteiger partial charge in [-0.05, 0) is 62.2 Å². The molecule has 1 atom stereocenters. The Kier molecular flexibility index (Phi) is 9.68. The zero-order valence-electron chi connectivity index (χ0n) is 21.0. The predicted molar refractivity (Wildman–Crippen MR) is 142 cm³/mol. The lowest BCUT2D eigenvalue weighted by molar-refractivity contribution is -0.121. The number of nitrogens with zero attached hydrogens (tertiary/aromatic N) is 2. The Balaban J connectivity index is 1.56. The van der Waals surface area contributed by atoms with E-state index in [9.17, 15) is 21.6 Å². The fourth-order valence-corrected chi connectivity index (χ4v) is 6.99. The number of benzene rings is 2. The quantitative estimate of drug-likeness (QED) is 0.410. The third-order valence-electron chi connectivity index (χ3n) is 5.92. The van der Waals surface area contributed by atoms with Crippen LogP contribution in [0.2, 0.25) is 5.02 Å². The minimum absolute atomic E-state index is 0.101. The van der Waals surface area contributed by atoms with Crippen molar-refractivity contribution < 1.29 is 31.1 Å². The zero-order valence-corrected chi connectivity index (χ0v) is 23.4. The summed E-state index contributed by atoms with van der Waals surface area (Å²) in [7, 11) is -5.89. The molecule has 2 aromatic carbocycles. The van der Waals surface area contributed by atoms with Crippen LogP contribution in [0.15, 0.2) is 47.4 Å². The van der Waals surface area contributed by atoms with Crippen LogP contribution in [-0.2, 0) is 24.8 Å². The topological polar surface area (TPSA) is 122 Å². The maximum Gasteiger partial charge on any atom is 0.243 e. The van der Waals surface area contributed by atoms with E-state index in [1.54, 1.807) is 12.1 Å². The van der Waals surface area contributed by atoms with Crippen LogP contribution in [0.1, 0.15) is 26.2 Å². The summed E-state index contributed by atoms with van der Waals surface area (Å²) in [5.41, 5.74) is 0.229. The number of halogens is 1. The van der Waals surface area contributed by atoms with Gasteiger partial charge in [0, 0.05) is 13.1 Å². The number of amides is 1. The second kappa shape index (κ2) is 12.3. The van der Waals surface area contributed by atoms with E-state index in [0.29, 0.717) is 24.6 Å². The number of ether oxygens (including phenoxy) is 2. The molecule has 1 heterocycles. The Morgan fingerprint density at radius 1 is 1.08 bits per heavy atom. The monoisotopic (exact) mass is 573 g/mol. The zero-order chi connectivity index (χ0) is 27.2. The van der Waals surface area contributed by atoms with E-state index in [2.05, 4.69) is 5.32 Å². The second-order valence-electron chi connectivity index (χ2n) is 8.63. The van der Waals surface area contributed by atoms with E-state index in [1.165, 1.54) is 48.7 Å². The summed E-state index contributed by atoms with van der Waals surface area (Å²) in [5.74, 6) is 0.305. The molecule has 1 N–H and O–H groups in total. The third kappa shape index (κ3) is 7.28. The molecular weight excluding hydrogens is 542 g/mol. The molecule has 3 rings (SSSR count). The van der Waals surface area contributed by atoms with E-state index in [4.69, 9.17) is 21.1 Å². The van der Waals surface area contributed by atoms with Gasteiger partial charge < -0.3 is 14.8 Å². The highest BCUT2D eigenvalue weighted by Crippen LogP contribution is 2.31. The van der Waals surface area contributed by atoms with Gasteiger partial charge in [0.05, 0.1) is 35.5 Å². The number of methoxy groups -OCH3 is 1. The molecule has 1 fully saturated rings. The number of hydrogen-bond donors (Lipinski definition) is 1. The van der Waals surface area contributed by atoms with Crippen LogP contribution in [-0.4, -0.2) is 72.7 Å². The van der Waals surface area contributed by atoms with Gasteiger partial charge in [0.1, 0.15) is 24.1 Å². The normalized spacial score (nSPS) is 15.6. The second-order valence-corrected chi connectivity index (χ2v) is 12.8. The minimum atomic E-state index is -3.81. The number of hydrogen-bond acceptors (Lipinski definition) is 7. The van der Waals surface area contributed by atoms with Crippen molar-refractivity contribution in [1.82, 2.24) is 9.62 Å². The molecule has 13 heteroatoms. The summed E-state index contributed by atoms with van der Waals surface area (Å²) < 4.78 is 63.6. The molecule has 37 heavy (non-hydrogen) atoms. The largest absolute Gasteiger partial charge is 0.495 e. The number of rotatable bonds is 11. The summed E-state index contributed by atoms with van der Waals surface area (Å²) in [6.45, 7) is 2.74. The van der Waals surface area contributed by atoms with Crippen molar-refractivity contribution in [3.63, 3.8) is 0 Å². The molecule has 0 aliphatic carbocycles. The van der Waals surface area contributed by atoms with Crippen LogP contribution >= 0.6 is 11.6 Å². The molecule has 1 amide bonds. The fraction of sp³-hybridized carbons (Fsp3) is 0.458. The maximum absolute atomic E-state index is 12.8. The van der Waals surface area contributed by atoms with Crippen LogP contribution in [0.3, 0.4) is 0 Å². The van der Waals surface area contributed by atoms with Crippen molar-refractivity contribution in [2.24, 2.45) is 0 Å². The van der Waals surface area contributed by atoms with Gasteiger partial charge in [-0.3, -0.25) is 9.10 Å². The smallest absolute Gasteiger partial charge is 0.243 e. The average Bonchev–Trinajstić information content (AvgIpc) is 2.86. The number of anilines is 1. The van der Waals surface area contributed by atoms with Gasteiger partial charge in [-0.25, -0.2) is 16.8 Å². The molecule has 0 bridgehead atoms. The van der Waals surface area contributed by atoms with Crippen molar-refractivity contribution in [1.29, 1.82) is 0 Å². The van der Waals surface area contributed by atoms with Gasteiger partial charge in [-0.1, -0.05) is 18.0 Å². The van der Waals surface area contributed by atoms with Gasteiger partial charge in [0.15, 0.2) is 0 Å². The summed E-state index contributed by atoms with van der Waals surface area (Å²) in [6, 6.07) is 9.54. The lowest BCUT2D eigenvalue weighted by Crippen LogP contribution is -2.48. The molecule has 10 nitrogen and oxygen atoms in total. The first kappa shape index (κ1) is 29.0. The first-order valence-corrected chi connectivity index (χ1v) is 15.5. The summed E-state index contributed by atoms with van der Waals surface area (Å²) >= 11 is 6.14. The van der Waals surface area contributed by atoms with Crippen molar-refractivity contribution >= 4 is 43.2 Å². The van der Waals surface area contributed by atoms with Crippen LogP contribution in [0, 0.1) is 0 Å². The number of sulfonamides is 2. The van der Waals surface area contributed by atoms with Crippen molar-refractivity contribution in [2.45, 2.75) is 37.1 Å². The van der Waals surface area contributed by atoms with E-state index in [-0.39, 0.29) is 28.8 Å². The molecule has 0 radical (unpaired) electrons. The molecule has 0 saturated carbocycles. The fourth-order valence-electron chi connectivity index (χ4n) is 4.05. The summed E-state index contributed by atoms with van der Waals surface area (Å²) in [5, 5.41) is 2.87. The Labute approximate surface area is 223 Å². The van der Waals surface area contributed by atoms with Crippen LogP contribution in [0.5, 0.6) is 11.5 Å². The SMILES string of the molecule is COc1ccc(N(C(C)C(=O)NCCOc2ccc(S(=O)(=O)N3CCCCC3)cc2)S(C)(=O)=O)cc1Cl. The molecule has 1 saturated heterocycles. The number of carbonyl (C=O) groups excluding carboxylic acids is 1. The average molecular weight is 574 g/mol. The maximum atomic E-state index is 12.8. The molecule has 1 aliphatic rings. The molecule has 2 aromatic rings. The van der Waals surface area contributed by atoms with Gasteiger partial charge >= 0.3 is 0 Å². The van der Waals surface area contributed by atoms with Gasteiger partial charge in [-0.2, -0.15) is 4.31 Å². The number of carbonyl (C=O) groups is 1. The third-order valence-corrected chi connectivity index (χ3v) is 9.37. The highest BCUT2D eigenvalue weighted by molar-refractivity contribution is 7.92. The number of piperidine rings is 1. The van der Waals surface area contributed by atoms with Crippen molar-refractivity contribution in [2.75, 3.05) is 43.9 Å². The molecule has 0 aromatic heterocycles. The van der Waals surface area contributed by atoms with Crippen LogP contribution in [0.4, 0.5) is 5.69 Å². The van der Waals surface area contributed by atoms with E-state index in [1.807, 2.05) is 0 Å². The van der Waals surface area contributed by atoms with Gasteiger partial charge in [0.25, 0.3) is 0 Å². The molecule has 1 aliphatic heterocycles. The highest BCUT2D eigenvalue weighted by Gasteiger charge is 2.29. The van der Waals surface area contributed by atoms with E-state index < -0.39 is 32.0 Å². The van der Waals surface area contributed by atoms with E-state index >= 15 is 0 Å². The van der Waals surface area contributed by atoms with Crippen molar-refractivity contribution in [3.8, 4) is 11.5 Å². The summed E-state index contributed by atoms with van der Waals surface area (Å²) in [4.78, 5) is 12.9. The Morgan fingerprint density at radius 3 is 2.30 bits per heavy atom. The molecule has 204 valence electrons. The number of nitrogens with one attached hydrogen (secondary N) is 1. The Hall–Kier alpha value is -2.54. The van der Waals surface area contributed by atoms with Gasteiger partial charge in [0.2, 0.25) is 26.0 Å². The molecule has 1 unspecified atom stereocenters. The van der Waals surface area contributed by atoms with Crippen LogP contribution < -0.4 is 19.1 Å².